The first-order chi connectivity index (χ1) is 11.6. The summed E-state index contributed by atoms with van der Waals surface area (Å²) in [4.78, 5) is 6.41. The predicted molar refractivity (Wildman–Crippen MR) is 104 cm³/mol. The van der Waals surface area contributed by atoms with E-state index in [1.165, 1.54) is 22.4 Å². The molecule has 0 saturated heterocycles. The van der Waals surface area contributed by atoms with Crippen LogP contribution in [0.15, 0.2) is 53.5 Å². The van der Waals surface area contributed by atoms with E-state index < -0.39 is 0 Å². The Morgan fingerprint density at radius 2 is 1.54 bits per heavy atom. The van der Waals surface area contributed by atoms with E-state index in [1.54, 1.807) is 7.05 Å². The first-order valence-electron chi connectivity index (χ1n) is 8.41. The van der Waals surface area contributed by atoms with Gasteiger partial charge in [-0.1, -0.05) is 43.3 Å². The molecule has 2 rings (SSSR count). The Kier molecular flexibility index (Phi) is 6.67. The smallest absolute Gasteiger partial charge is 0.191 e. The van der Waals surface area contributed by atoms with Crippen LogP contribution in [0.4, 0.5) is 5.69 Å². The van der Waals surface area contributed by atoms with Gasteiger partial charge in [0.25, 0.3) is 0 Å². The highest BCUT2D eigenvalue weighted by Crippen LogP contribution is 2.12. The fourth-order valence-electron chi connectivity index (χ4n) is 2.57. The van der Waals surface area contributed by atoms with Crippen LogP contribution in [-0.4, -0.2) is 27.1 Å². The number of hydrogen-bond donors (Lipinski definition) is 2. The van der Waals surface area contributed by atoms with Crippen molar-refractivity contribution < 1.29 is 0 Å². The van der Waals surface area contributed by atoms with Gasteiger partial charge in [0.15, 0.2) is 5.96 Å². The van der Waals surface area contributed by atoms with E-state index in [-0.39, 0.29) is 0 Å². The zero-order chi connectivity index (χ0) is 17.4. The lowest BCUT2D eigenvalue weighted by Gasteiger charge is -2.15. The lowest BCUT2D eigenvalue weighted by molar-refractivity contribution is 0.803. The molecule has 4 heteroatoms. The molecule has 0 amide bonds. The SMILES string of the molecule is CCc1ccccc1CNC(=NC)NCc1ccc(N(C)C)cc1. The quantitative estimate of drug-likeness (QED) is 0.633. The van der Waals surface area contributed by atoms with Crippen LogP contribution < -0.4 is 15.5 Å². The molecule has 0 fully saturated rings. The zero-order valence-electron chi connectivity index (χ0n) is 15.1. The van der Waals surface area contributed by atoms with E-state index in [9.17, 15) is 0 Å². The normalized spacial score (nSPS) is 11.2. The molecule has 0 bridgehead atoms. The van der Waals surface area contributed by atoms with Gasteiger partial charge in [0.1, 0.15) is 0 Å². The molecule has 0 saturated carbocycles. The molecule has 0 atom stereocenters. The van der Waals surface area contributed by atoms with Gasteiger partial charge in [-0.25, -0.2) is 0 Å². The van der Waals surface area contributed by atoms with E-state index in [0.29, 0.717) is 0 Å². The molecular weight excluding hydrogens is 296 g/mol. The standard InChI is InChI=1S/C20H28N4/c1-5-17-8-6-7-9-18(17)15-23-20(21-2)22-14-16-10-12-19(13-11-16)24(3)4/h6-13H,5,14-15H2,1-4H3,(H2,21,22,23). The van der Waals surface area contributed by atoms with Crippen molar-refractivity contribution in [3.63, 3.8) is 0 Å². The van der Waals surface area contributed by atoms with Gasteiger partial charge in [0.2, 0.25) is 0 Å². The maximum absolute atomic E-state index is 4.31. The minimum Gasteiger partial charge on any atom is -0.378 e. The third kappa shape index (κ3) is 5.01. The maximum atomic E-state index is 4.31. The second-order valence-electron chi connectivity index (χ2n) is 5.96. The average Bonchev–Trinajstić information content (AvgIpc) is 2.62. The largest absolute Gasteiger partial charge is 0.378 e. The summed E-state index contributed by atoms with van der Waals surface area (Å²) < 4.78 is 0. The van der Waals surface area contributed by atoms with Gasteiger partial charge in [0.05, 0.1) is 0 Å². The Morgan fingerprint density at radius 1 is 0.917 bits per heavy atom. The Morgan fingerprint density at radius 3 is 2.12 bits per heavy atom. The predicted octanol–water partition coefficient (Wildman–Crippen LogP) is 3.18. The highest BCUT2D eigenvalue weighted by molar-refractivity contribution is 5.79. The second kappa shape index (κ2) is 8.96. The van der Waals surface area contributed by atoms with E-state index in [1.807, 2.05) is 14.1 Å². The van der Waals surface area contributed by atoms with Crippen LogP contribution in [0.1, 0.15) is 23.6 Å². The van der Waals surface area contributed by atoms with Gasteiger partial charge in [-0.2, -0.15) is 0 Å². The van der Waals surface area contributed by atoms with Gasteiger partial charge in [-0.15, -0.1) is 0 Å². The van der Waals surface area contributed by atoms with Crippen molar-refractivity contribution in [2.24, 2.45) is 4.99 Å². The Balaban J connectivity index is 1.88. The number of rotatable bonds is 6. The van der Waals surface area contributed by atoms with E-state index >= 15 is 0 Å². The summed E-state index contributed by atoms with van der Waals surface area (Å²) in [5, 5.41) is 6.76. The zero-order valence-corrected chi connectivity index (χ0v) is 15.1. The minimum absolute atomic E-state index is 0.753. The van der Waals surface area contributed by atoms with Crippen LogP contribution in [0.2, 0.25) is 0 Å². The van der Waals surface area contributed by atoms with Gasteiger partial charge >= 0.3 is 0 Å². The van der Waals surface area contributed by atoms with Gasteiger partial charge in [0, 0.05) is 39.9 Å². The monoisotopic (exact) mass is 324 g/mol. The van der Waals surface area contributed by atoms with Crippen LogP contribution in [0.3, 0.4) is 0 Å². The second-order valence-corrected chi connectivity index (χ2v) is 5.96. The molecule has 24 heavy (non-hydrogen) atoms. The van der Waals surface area contributed by atoms with Crippen LogP contribution in [-0.2, 0) is 19.5 Å². The van der Waals surface area contributed by atoms with Crippen molar-refractivity contribution in [3.05, 3.63) is 65.2 Å². The number of benzene rings is 2. The lowest BCUT2D eigenvalue weighted by Crippen LogP contribution is -2.36. The molecule has 2 N–H and O–H groups in total. The number of nitrogens with zero attached hydrogens (tertiary/aromatic N) is 2. The molecule has 0 heterocycles. The van der Waals surface area contributed by atoms with Crippen LogP contribution in [0, 0.1) is 0 Å². The summed E-state index contributed by atoms with van der Waals surface area (Å²) in [7, 11) is 5.90. The first-order valence-corrected chi connectivity index (χ1v) is 8.41. The molecule has 4 nitrogen and oxygen atoms in total. The Hall–Kier alpha value is -2.49. The summed E-state index contributed by atoms with van der Waals surface area (Å²) in [5.74, 6) is 0.817. The fourth-order valence-corrected chi connectivity index (χ4v) is 2.57. The van der Waals surface area contributed by atoms with Crippen LogP contribution in [0.5, 0.6) is 0 Å². The number of hydrogen-bond acceptors (Lipinski definition) is 2. The average molecular weight is 324 g/mol. The molecule has 0 aliphatic heterocycles. The van der Waals surface area contributed by atoms with Crippen molar-refractivity contribution in [1.29, 1.82) is 0 Å². The lowest BCUT2D eigenvalue weighted by atomic mass is 10.1. The number of guanidine groups is 1. The molecule has 0 radical (unpaired) electrons. The summed E-state index contributed by atoms with van der Waals surface area (Å²) in [6, 6.07) is 17.1. The molecule has 0 spiro atoms. The first kappa shape index (κ1) is 17.9. The van der Waals surface area contributed by atoms with Crippen molar-refractivity contribution in [2.45, 2.75) is 26.4 Å². The Bertz CT molecular complexity index is 660. The number of anilines is 1. The molecule has 0 aromatic heterocycles. The van der Waals surface area contributed by atoms with E-state index in [2.05, 4.69) is 76.0 Å². The number of nitrogens with one attached hydrogen (secondary N) is 2. The highest BCUT2D eigenvalue weighted by atomic mass is 15.2. The molecule has 128 valence electrons. The van der Waals surface area contributed by atoms with Gasteiger partial charge < -0.3 is 15.5 Å². The molecular formula is C20H28N4. The summed E-state index contributed by atoms with van der Waals surface area (Å²) in [6.07, 6.45) is 1.04. The Labute approximate surface area is 145 Å². The summed E-state index contributed by atoms with van der Waals surface area (Å²) >= 11 is 0. The molecule has 0 aliphatic carbocycles. The number of aryl methyl sites for hydroxylation is 1. The molecule has 2 aromatic rings. The minimum atomic E-state index is 0.753. The van der Waals surface area contributed by atoms with Crippen molar-refractivity contribution >= 4 is 11.6 Å². The number of aliphatic imine (C=N–C) groups is 1. The highest BCUT2D eigenvalue weighted by Gasteiger charge is 2.03. The van der Waals surface area contributed by atoms with Gasteiger partial charge in [-0.3, -0.25) is 4.99 Å². The third-order valence-corrected chi connectivity index (χ3v) is 4.08. The van der Waals surface area contributed by atoms with E-state index in [0.717, 1.165) is 25.5 Å². The molecule has 0 unspecified atom stereocenters. The van der Waals surface area contributed by atoms with E-state index in [4.69, 9.17) is 0 Å². The van der Waals surface area contributed by atoms with Gasteiger partial charge in [-0.05, 0) is 35.2 Å². The molecule has 0 aliphatic rings. The summed E-state index contributed by atoms with van der Waals surface area (Å²) in [5.41, 5.74) is 5.13. The van der Waals surface area contributed by atoms with Crippen molar-refractivity contribution in [3.8, 4) is 0 Å². The topological polar surface area (TPSA) is 39.7 Å². The van der Waals surface area contributed by atoms with Crippen LogP contribution >= 0.6 is 0 Å². The molecule has 2 aromatic carbocycles. The van der Waals surface area contributed by atoms with Crippen LogP contribution in [0.25, 0.3) is 0 Å². The third-order valence-electron chi connectivity index (χ3n) is 4.08. The van der Waals surface area contributed by atoms with Crippen molar-refractivity contribution in [2.75, 3.05) is 26.0 Å². The maximum Gasteiger partial charge on any atom is 0.191 e. The summed E-state index contributed by atoms with van der Waals surface area (Å²) in [6.45, 7) is 3.72. The fraction of sp³-hybridized carbons (Fsp3) is 0.350. The van der Waals surface area contributed by atoms with Crippen molar-refractivity contribution in [1.82, 2.24) is 10.6 Å².